The van der Waals surface area contributed by atoms with E-state index >= 15 is 0 Å². The zero-order chi connectivity index (χ0) is 21.9. The summed E-state index contributed by atoms with van der Waals surface area (Å²) in [6.45, 7) is 2.26. The standard InChI is InChI=1S/C20H27N5O4S/c1-15-20(12-22-24(15)3)30(26,27)25(14-17-11-21-23(2)13-17)9-8-16-6-7-18(28-4)19(10-16)29-5/h6-7,10-13H,8-9,14H2,1-5H3. The highest BCUT2D eigenvalue weighted by Crippen LogP contribution is 2.28. The third-order valence-electron chi connectivity index (χ3n) is 5.02. The van der Waals surface area contributed by atoms with Gasteiger partial charge >= 0.3 is 0 Å². The Morgan fingerprint density at radius 1 is 1.03 bits per heavy atom. The third kappa shape index (κ3) is 4.49. The number of hydrogen-bond acceptors (Lipinski definition) is 6. The molecule has 0 unspecified atom stereocenters. The van der Waals surface area contributed by atoms with Crippen molar-refractivity contribution in [3.8, 4) is 11.5 Å². The SMILES string of the molecule is COc1ccc(CCN(Cc2cnn(C)c2)S(=O)(=O)c2cnn(C)c2C)cc1OC. The number of hydrogen-bond donors (Lipinski definition) is 0. The molecule has 9 nitrogen and oxygen atoms in total. The second kappa shape index (κ2) is 8.88. The normalized spacial score (nSPS) is 11.8. The summed E-state index contributed by atoms with van der Waals surface area (Å²) in [6.07, 6.45) is 5.40. The molecule has 2 aromatic heterocycles. The minimum absolute atomic E-state index is 0.209. The molecule has 3 aromatic rings. The molecule has 1 aromatic carbocycles. The average molecular weight is 434 g/mol. The molecule has 0 aliphatic carbocycles. The number of aromatic nitrogens is 4. The summed E-state index contributed by atoms with van der Waals surface area (Å²) in [5, 5.41) is 8.25. The molecule has 0 N–H and O–H groups in total. The van der Waals surface area contributed by atoms with E-state index < -0.39 is 10.0 Å². The molecule has 162 valence electrons. The molecule has 0 fully saturated rings. The summed E-state index contributed by atoms with van der Waals surface area (Å²) < 4.78 is 42.2. The third-order valence-corrected chi connectivity index (χ3v) is 6.97. The van der Waals surface area contributed by atoms with E-state index in [1.165, 1.54) is 10.5 Å². The Balaban J connectivity index is 1.89. The molecule has 0 aliphatic heterocycles. The van der Waals surface area contributed by atoms with Gasteiger partial charge in [-0.2, -0.15) is 14.5 Å². The highest BCUT2D eigenvalue weighted by molar-refractivity contribution is 7.89. The second-order valence-corrected chi connectivity index (χ2v) is 8.92. The van der Waals surface area contributed by atoms with Gasteiger partial charge in [0.1, 0.15) is 4.90 Å². The van der Waals surface area contributed by atoms with E-state index in [4.69, 9.17) is 9.47 Å². The zero-order valence-corrected chi connectivity index (χ0v) is 18.7. The van der Waals surface area contributed by atoms with Gasteiger partial charge in [0.25, 0.3) is 0 Å². The minimum Gasteiger partial charge on any atom is -0.493 e. The van der Waals surface area contributed by atoms with Crippen LogP contribution in [0, 0.1) is 6.92 Å². The summed E-state index contributed by atoms with van der Waals surface area (Å²) >= 11 is 0. The summed E-state index contributed by atoms with van der Waals surface area (Å²) in [5.41, 5.74) is 2.36. The summed E-state index contributed by atoms with van der Waals surface area (Å²) in [4.78, 5) is 0.209. The number of ether oxygens (including phenoxy) is 2. The topological polar surface area (TPSA) is 91.5 Å². The lowest BCUT2D eigenvalue weighted by Crippen LogP contribution is -2.32. The van der Waals surface area contributed by atoms with Crippen molar-refractivity contribution in [2.24, 2.45) is 14.1 Å². The van der Waals surface area contributed by atoms with Crippen LogP contribution in [0.3, 0.4) is 0 Å². The van der Waals surface area contributed by atoms with Gasteiger partial charge in [0.05, 0.1) is 32.3 Å². The van der Waals surface area contributed by atoms with Crippen molar-refractivity contribution in [2.75, 3.05) is 20.8 Å². The van der Waals surface area contributed by atoms with Crippen molar-refractivity contribution in [1.82, 2.24) is 23.9 Å². The number of benzene rings is 1. The second-order valence-electron chi connectivity index (χ2n) is 7.02. The molecule has 0 amide bonds. The van der Waals surface area contributed by atoms with Gasteiger partial charge in [-0.05, 0) is 31.0 Å². The molecule has 0 saturated heterocycles. The monoisotopic (exact) mass is 433 g/mol. The van der Waals surface area contributed by atoms with Gasteiger partial charge in [-0.3, -0.25) is 9.36 Å². The first-order valence-electron chi connectivity index (χ1n) is 9.43. The zero-order valence-electron chi connectivity index (χ0n) is 17.9. The van der Waals surface area contributed by atoms with E-state index in [9.17, 15) is 8.42 Å². The highest BCUT2D eigenvalue weighted by Gasteiger charge is 2.28. The summed E-state index contributed by atoms with van der Waals surface area (Å²) in [6, 6.07) is 5.59. The summed E-state index contributed by atoms with van der Waals surface area (Å²) in [5.74, 6) is 1.24. The van der Waals surface area contributed by atoms with Crippen LogP contribution in [0.1, 0.15) is 16.8 Å². The van der Waals surface area contributed by atoms with Crippen molar-refractivity contribution in [3.05, 3.63) is 53.6 Å². The Kier molecular flexibility index (Phi) is 6.47. The van der Waals surface area contributed by atoms with Gasteiger partial charge in [0, 0.05) is 38.9 Å². The van der Waals surface area contributed by atoms with Crippen molar-refractivity contribution >= 4 is 10.0 Å². The van der Waals surface area contributed by atoms with Crippen LogP contribution in [0.2, 0.25) is 0 Å². The Morgan fingerprint density at radius 2 is 1.77 bits per heavy atom. The lowest BCUT2D eigenvalue weighted by atomic mass is 10.1. The molecule has 2 heterocycles. The molecule has 30 heavy (non-hydrogen) atoms. The fraction of sp³-hybridized carbons (Fsp3) is 0.400. The predicted molar refractivity (Wildman–Crippen MR) is 112 cm³/mol. The molecule has 0 saturated carbocycles. The fourth-order valence-corrected chi connectivity index (χ4v) is 4.82. The Hall–Kier alpha value is -2.85. The van der Waals surface area contributed by atoms with Gasteiger partial charge in [-0.15, -0.1) is 0 Å². The molecule has 0 radical (unpaired) electrons. The Bertz CT molecular complexity index is 1120. The average Bonchev–Trinajstić information content (AvgIpc) is 3.29. The minimum atomic E-state index is -3.74. The number of methoxy groups -OCH3 is 2. The first-order valence-corrected chi connectivity index (χ1v) is 10.9. The molecule has 10 heteroatoms. The Morgan fingerprint density at radius 3 is 2.33 bits per heavy atom. The smallest absolute Gasteiger partial charge is 0.246 e. The van der Waals surface area contributed by atoms with Gasteiger partial charge in [0.2, 0.25) is 10.0 Å². The first-order chi connectivity index (χ1) is 14.3. The van der Waals surface area contributed by atoms with Crippen LogP contribution in [-0.2, 0) is 37.1 Å². The number of aryl methyl sites for hydroxylation is 2. The van der Waals surface area contributed by atoms with E-state index in [0.29, 0.717) is 30.2 Å². The van der Waals surface area contributed by atoms with Gasteiger partial charge in [-0.1, -0.05) is 6.07 Å². The van der Waals surface area contributed by atoms with Crippen molar-refractivity contribution in [2.45, 2.75) is 24.8 Å². The fourth-order valence-electron chi connectivity index (χ4n) is 3.20. The quantitative estimate of drug-likeness (QED) is 0.512. The maximum atomic E-state index is 13.4. The van der Waals surface area contributed by atoms with Gasteiger partial charge in [0.15, 0.2) is 11.5 Å². The van der Waals surface area contributed by atoms with E-state index in [1.807, 2.05) is 24.4 Å². The largest absolute Gasteiger partial charge is 0.493 e. The Labute approximate surface area is 176 Å². The number of nitrogens with zero attached hydrogens (tertiary/aromatic N) is 5. The van der Waals surface area contributed by atoms with Crippen LogP contribution in [0.4, 0.5) is 0 Å². The van der Waals surface area contributed by atoms with Gasteiger partial charge in [-0.25, -0.2) is 8.42 Å². The maximum absolute atomic E-state index is 13.4. The molecular formula is C20H27N5O4S. The lowest BCUT2D eigenvalue weighted by molar-refractivity contribution is 0.354. The highest BCUT2D eigenvalue weighted by atomic mass is 32.2. The number of sulfonamides is 1. The molecule has 0 aliphatic rings. The van der Waals surface area contributed by atoms with Crippen LogP contribution in [0.5, 0.6) is 11.5 Å². The first kappa shape index (κ1) is 21.8. The molecule has 0 bridgehead atoms. The predicted octanol–water partition coefficient (Wildman–Crippen LogP) is 1.91. The van der Waals surface area contributed by atoms with E-state index in [0.717, 1.165) is 11.1 Å². The number of rotatable bonds is 9. The van der Waals surface area contributed by atoms with Crippen LogP contribution in [-0.4, -0.2) is 53.0 Å². The van der Waals surface area contributed by atoms with Crippen LogP contribution < -0.4 is 9.47 Å². The molecule has 3 rings (SSSR count). The molecule has 0 atom stereocenters. The molecular weight excluding hydrogens is 406 g/mol. The van der Waals surface area contributed by atoms with E-state index in [-0.39, 0.29) is 11.4 Å². The molecule has 0 spiro atoms. The van der Waals surface area contributed by atoms with E-state index in [1.54, 1.807) is 50.8 Å². The van der Waals surface area contributed by atoms with Crippen LogP contribution in [0.15, 0.2) is 41.7 Å². The van der Waals surface area contributed by atoms with Crippen molar-refractivity contribution in [1.29, 1.82) is 0 Å². The van der Waals surface area contributed by atoms with Crippen LogP contribution in [0.25, 0.3) is 0 Å². The van der Waals surface area contributed by atoms with Crippen LogP contribution >= 0.6 is 0 Å². The van der Waals surface area contributed by atoms with Crippen molar-refractivity contribution in [3.63, 3.8) is 0 Å². The van der Waals surface area contributed by atoms with Crippen molar-refractivity contribution < 1.29 is 17.9 Å². The summed E-state index contributed by atoms with van der Waals surface area (Å²) in [7, 11) is 2.94. The van der Waals surface area contributed by atoms with Gasteiger partial charge < -0.3 is 9.47 Å². The lowest BCUT2D eigenvalue weighted by Gasteiger charge is -2.22. The van der Waals surface area contributed by atoms with E-state index in [2.05, 4.69) is 10.2 Å². The maximum Gasteiger partial charge on any atom is 0.246 e.